The van der Waals surface area contributed by atoms with Gasteiger partial charge in [-0.2, -0.15) is 5.10 Å². The van der Waals surface area contributed by atoms with Crippen LogP contribution in [0.1, 0.15) is 15.9 Å². The molecule has 128 valence electrons. The zero-order valence-corrected chi connectivity index (χ0v) is 14.2. The first-order chi connectivity index (χ1) is 12.0. The van der Waals surface area contributed by atoms with Gasteiger partial charge >= 0.3 is 5.69 Å². The molecule has 0 aliphatic rings. The van der Waals surface area contributed by atoms with Crippen LogP contribution in [-0.2, 0) is 14.1 Å². The molecule has 0 saturated heterocycles. The maximum atomic E-state index is 12.0. The Morgan fingerprint density at radius 1 is 1.08 bits per heavy atom. The summed E-state index contributed by atoms with van der Waals surface area (Å²) in [6, 6.07) is 12.3. The average molecular weight is 338 g/mol. The second-order valence-electron chi connectivity index (χ2n) is 5.58. The number of methoxy groups -OCH3 is 1. The van der Waals surface area contributed by atoms with Crippen LogP contribution in [-0.4, -0.2) is 28.4 Å². The molecule has 2 aromatic carbocycles. The van der Waals surface area contributed by atoms with Crippen molar-refractivity contribution in [3.63, 3.8) is 0 Å². The highest BCUT2D eigenvalue weighted by Gasteiger charge is 2.07. The van der Waals surface area contributed by atoms with Crippen molar-refractivity contribution in [2.45, 2.75) is 0 Å². The van der Waals surface area contributed by atoms with E-state index in [4.69, 9.17) is 4.74 Å². The van der Waals surface area contributed by atoms with Gasteiger partial charge in [-0.15, -0.1) is 0 Å². The van der Waals surface area contributed by atoms with Crippen LogP contribution in [0.25, 0.3) is 11.0 Å². The molecule has 0 atom stereocenters. The van der Waals surface area contributed by atoms with Gasteiger partial charge < -0.3 is 4.74 Å². The molecule has 0 aliphatic carbocycles. The number of benzene rings is 2. The first-order valence-electron chi connectivity index (χ1n) is 7.64. The minimum absolute atomic E-state index is 0.0862. The Kier molecular flexibility index (Phi) is 4.38. The third-order valence-corrected chi connectivity index (χ3v) is 4.03. The van der Waals surface area contributed by atoms with E-state index in [1.54, 1.807) is 60.8 Å². The Morgan fingerprint density at radius 3 is 2.44 bits per heavy atom. The van der Waals surface area contributed by atoms with E-state index in [-0.39, 0.29) is 11.6 Å². The number of ether oxygens (including phenoxy) is 1. The molecule has 0 radical (unpaired) electrons. The molecule has 7 heteroatoms. The maximum Gasteiger partial charge on any atom is 0.328 e. The fraction of sp³-hybridized carbons (Fsp3) is 0.167. The van der Waals surface area contributed by atoms with Gasteiger partial charge in [0.05, 0.1) is 24.4 Å². The summed E-state index contributed by atoms with van der Waals surface area (Å²) in [4.78, 5) is 24.0. The molecule has 25 heavy (non-hydrogen) atoms. The smallest absolute Gasteiger partial charge is 0.328 e. The van der Waals surface area contributed by atoms with E-state index in [0.717, 1.165) is 16.6 Å². The van der Waals surface area contributed by atoms with Crippen LogP contribution in [0.15, 0.2) is 52.4 Å². The Labute approximate surface area is 144 Å². The second-order valence-corrected chi connectivity index (χ2v) is 5.58. The van der Waals surface area contributed by atoms with Crippen molar-refractivity contribution in [1.29, 1.82) is 0 Å². The first kappa shape index (κ1) is 16.5. The Bertz CT molecular complexity index is 1010. The van der Waals surface area contributed by atoms with Crippen LogP contribution >= 0.6 is 0 Å². The van der Waals surface area contributed by atoms with E-state index in [1.165, 1.54) is 0 Å². The summed E-state index contributed by atoms with van der Waals surface area (Å²) >= 11 is 0. The lowest BCUT2D eigenvalue weighted by Gasteiger charge is -2.02. The van der Waals surface area contributed by atoms with Gasteiger partial charge in [-0.3, -0.25) is 13.9 Å². The second kappa shape index (κ2) is 6.64. The Balaban J connectivity index is 1.75. The van der Waals surface area contributed by atoms with E-state index in [1.807, 2.05) is 18.2 Å². The summed E-state index contributed by atoms with van der Waals surface area (Å²) < 4.78 is 8.21. The molecule has 1 heterocycles. The van der Waals surface area contributed by atoms with Gasteiger partial charge in [-0.05, 0) is 42.0 Å². The summed E-state index contributed by atoms with van der Waals surface area (Å²) in [5.74, 6) is 0.369. The lowest BCUT2D eigenvalue weighted by molar-refractivity contribution is 0.0955. The minimum atomic E-state index is -0.313. The molecule has 1 aromatic heterocycles. The van der Waals surface area contributed by atoms with Crippen molar-refractivity contribution >= 4 is 23.2 Å². The normalized spacial score (nSPS) is 11.2. The van der Waals surface area contributed by atoms with Crippen LogP contribution in [0.5, 0.6) is 5.75 Å². The van der Waals surface area contributed by atoms with E-state index in [9.17, 15) is 9.59 Å². The number of aryl methyl sites for hydroxylation is 2. The van der Waals surface area contributed by atoms with Gasteiger partial charge in [0.2, 0.25) is 0 Å². The number of nitrogens with zero attached hydrogens (tertiary/aromatic N) is 3. The molecular weight excluding hydrogens is 320 g/mol. The van der Waals surface area contributed by atoms with Gasteiger partial charge in [0.1, 0.15) is 5.75 Å². The number of imidazole rings is 1. The summed E-state index contributed by atoms with van der Waals surface area (Å²) in [6.07, 6.45) is 1.54. The summed E-state index contributed by atoms with van der Waals surface area (Å²) in [7, 11) is 5.02. The van der Waals surface area contributed by atoms with Gasteiger partial charge in [-0.25, -0.2) is 10.2 Å². The lowest BCUT2D eigenvalue weighted by atomic mass is 10.2. The zero-order chi connectivity index (χ0) is 18.0. The van der Waals surface area contributed by atoms with Crippen molar-refractivity contribution in [1.82, 2.24) is 14.6 Å². The van der Waals surface area contributed by atoms with Crippen LogP contribution in [0.2, 0.25) is 0 Å². The quantitative estimate of drug-likeness (QED) is 0.580. The molecule has 0 bridgehead atoms. The van der Waals surface area contributed by atoms with Crippen molar-refractivity contribution in [3.8, 4) is 5.75 Å². The Morgan fingerprint density at radius 2 is 1.76 bits per heavy atom. The summed E-state index contributed by atoms with van der Waals surface area (Å²) in [5, 5.41) is 3.98. The molecule has 0 unspecified atom stereocenters. The topological polar surface area (TPSA) is 77.6 Å². The van der Waals surface area contributed by atoms with Gasteiger partial charge in [0.15, 0.2) is 0 Å². The highest BCUT2D eigenvalue weighted by Crippen LogP contribution is 2.13. The molecule has 7 nitrogen and oxygen atoms in total. The third-order valence-electron chi connectivity index (χ3n) is 4.03. The maximum absolute atomic E-state index is 12.0. The zero-order valence-electron chi connectivity index (χ0n) is 14.2. The molecular formula is C18H18N4O3. The highest BCUT2D eigenvalue weighted by molar-refractivity contribution is 5.95. The molecule has 0 fully saturated rings. The number of hydrazone groups is 1. The molecule has 0 saturated carbocycles. The largest absolute Gasteiger partial charge is 0.497 e. The van der Waals surface area contributed by atoms with Crippen molar-refractivity contribution in [2.24, 2.45) is 19.2 Å². The standard InChI is InChI=1S/C18H18N4O3/c1-21-15-9-4-12(10-16(15)22(2)18(21)24)11-19-20-17(23)13-5-7-14(25-3)8-6-13/h4-11H,1-3H3,(H,20,23)/b19-11-. The highest BCUT2D eigenvalue weighted by atomic mass is 16.5. The molecule has 1 N–H and O–H groups in total. The van der Waals surface area contributed by atoms with Crippen LogP contribution < -0.4 is 15.9 Å². The van der Waals surface area contributed by atoms with E-state index in [0.29, 0.717) is 11.3 Å². The van der Waals surface area contributed by atoms with Gasteiger partial charge in [-0.1, -0.05) is 6.07 Å². The predicted octanol–water partition coefficient (Wildman–Crippen LogP) is 1.65. The fourth-order valence-corrected chi connectivity index (χ4v) is 2.58. The van der Waals surface area contributed by atoms with Gasteiger partial charge in [0.25, 0.3) is 5.91 Å². The van der Waals surface area contributed by atoms with E-state index >= 15 is 0 Å². The molecule has 0 spiro atoms. The number of nitrogens with one attached hydrogen (secondary N) is 1. The van der Waals surface area contributed by atoms with Crippen LogP contribution in [0, 0.1) is 0 Å². The van der Waals surface area contributed by atoms with E-state index < -0.39 is 0 Å². The number of hydrogen-bond donors (Lipinski definition) is 1. The number of amides is 1. The molecule has 3 rings (SSSR count). The van der Waals surface area contributed by atoms with E-state index in [2.05, 4.69) is 10.5 Å². The van der Waals surface area contributed by atoms with Crippen molar-refractivity contribution in [3.05, 3.63) is 64.1 Å². The number of carbonyl (C=O) groups is 1. The SMILES string of the molecule is COc1ccc(C(=O)N/N=C\c2ccc3c(c2)n(C)c(=O)n3C)cc1. The number of rotatable bonds is 4. The molecule has 0 aliphatic heterocycles. The lowest BCUT2D eigenvalue weighted by Crippen LogP contribution is -2.19. The minimum Gasteiger partial charge on any atom is -0.497 e. The molecule has 1 amide bonds. The first-order valence-corrected chi connectivity index (χ1v) is 7.64. The summed E-state index contributed by atoms with van der Waals surface area (Å²) in [6.45, 7) is 0. The third kappa shape index (κ3) is 3.16. The number of fused-ring (bicyclic) bond motifs is 1. The van der Waals surface area contributed by atoms with Crippen molar-refractivity contribution < 1.29 is 9.53 Å². The monoisotopic (exact) mass is 338 g/mol. The van der Waals surface area contributed by atoms with Crippen LogP contribution in [0.3, 0.4) is 0 Å². The van der Waals surface area contributed by atoms with Crippen molar-refractivity contribution in [2.75, 3.05) is 7.11 Å². The molecule has 3 aromatic rings. The van der Waals surface area contributed by atoms with Gasteiger partial charge in [0, 0.05) is 19.7 Å². The predicted molar refractivity (Wildman–Crippen MR) is 96.2 cm³/mol. The number of carbonyl (C=O) groups excluding carboxylic acids is 1. The summed E-state index contributed by atoms with van der Waals surface area (Å²) in [5.41, 5.74) is 5.30. The average Bonchev–Trinajstić information content (AvgIpc) is 2.86. The number of hydrogen-bond acceptors (Lipinski definition) is 4. The Hall–Kier alpha value is -3.35. The van der Waals surface area contributed by atoms with Crippen LogP contribution in [0.4, 0.5) is 0 Å². The number of aromatic nitrogens is 2. The fourth-order valence-electron chi connectivity index (χ4n) is 2.58.